The zero-order valence-corrected chi connectivity index (χ0v) is 18.2. The van der Waals surface area contributed by atoms with E-state index in [4.69, 9.17) is 4.74 Å². The normalized spacial score (nSPS) is 17.5. The zero-order valence-electron chi connectivity index (χ0n) is 18.2. The molecule has 1 aliphatic heterocycles. The highest BCUT2D eigenvalue weighted by molar-refractivity contribution is 5.87. The number of benzene rings is 1. The van der Waals surface area contributed by atoms with Gasteiger partial charge < -0.3 is 25.4 Å². The van der Waals surface area contributed by atoms with Gasteiger partial charge in [0.05, 0.1) is 25.4 Å². The number of alkyl halides is 2. The number of urea groups is 1. The Balaban J connectivity index is 2.15. The quantitative estimate of drug-likeness (QED) is 0.520. The van der Waals surface area contributed by atoms with Gasteiger partial charge in [0.15, 0.2) is 0 Å². The van der Waals surface area contributed by atoms with E-state index in [1.165, 1.54) is 4.90 Å². The number of ether oxygens (including phenoxy) is 1. The van der Waals surface area contributed by atoms with E-state index in [0.717, 1.165) is 0 Å². The summed E-state index contributed by atoms with van der Waals surface area (Å²) in [5.41, 5.74) is -0.514. The number of aliphatic hydroxyl groups is 1. The Morgan fingerprint density at radius 3 is 2.45 bits per heavy atom. The van der Waals surface area contributed by atoms with E-state index in [1.54, 1.807) is 37.3 Å². The van der Waals surface area contributed by atoms with Crippen molar-refractivity contribution in [1.29, 1.82) is 0 Å². The SMILES string of the molecule is CCC[C@@](C)(CO)NC(=O)[C@H](CC(F)(F)Cc1ccccc1)NC(=O)N1CCOCC1. The minimum absolute atomic E-state index is 0.324. The number of hydrogen-bond acceptors (Lipinski definition) is 4. The van der Waals surface area contributed by atoms with Crippen LogP contribution >= 0.6 is 0 Å². The number of halogens is 2. The van der Waals surface area contributed by atoms with Crippen LogP contribution in [0, 0.1) is 0 Å². The monoisotopic (exact) mass is 441 g/mol. The zero-order chi connectivity index (χ0) is 22.9. The lowest BCUT2D eigenvalue weighted by molar-refractivity contribution is -0.128. The molecular formula is C22H33F2N3O4. The van der Waals surface area contributed by atoms with Crippen molar-refractivity contribution in [2.75, 3.05) is 32.9 Å². The molecule has 1 heterocycles. The lowest BCUT2D eigenvalue weighted by atomic mass is 9.95. The number of carbonyl (C=O) groups is 2. The van der Waals surface area contributed by atoms with Crippen LogP contribution in [0.5, 0.6) is 0 Å². The summed E-state index contributed by atoms with van der Waals surface area (Å²) >= 11 is 0. The van der Waals surface area contributed by atoms with Crippen molar-refractivity contribution in [2.24, 2.45) is 0 Å². The second-order valence-corrected chi connectivity index (χ2v) is 8.28. The first-order chi connectivity index (χ1) is 14.7. The van der Waals surface area contributed by atoms with Crippen LogP contribution in [0.2, 0.25) is 0 Å². The molecule has 1 aromatic rings. The van der Waals surface area contributed by atoms with Crippen molar-refractivity contribution in [2.45, 2.75) is 57.0 Å². The predicted octanol–water partition coefficient (Wildman–Crippen LogP) is 2.33. The predicted molar refractivity (Wildman–Crippen MR) is 113 cm³/mol. The van der Waals surface area contributed by atoms with E-state index in [-0.39, 0.29) is 6.61 Å². The summed E-state index contributed by atoms with van der Waals surface area (Å²) < 4.78 is 34.9. The van der Waals surface area contributed by atoms with E-state index in [9.17, 15) is 23.5 Å². The van der Waals surface area contributed by atoms with Gasteiger partial charge >= 0.3 is 6.03 Å². The molecule has 0 saturated carbocycles. The van der Waals surface area contributed by atoms with Gasteiger partial charge in [0, 0.05) is 25.9 Å². The maximum atomic E-state index is 14.9. The van der Waals surface area contributed by atoms with Crippen LogP contribution < -0.4 is 10.6 Å². The van der Waals surface area contributed by atoms with Crippen molar-refractivity contribution in [3.05, 3.63) is 35.9 Å². The Kier molecular flexibility index (Phi) is 9.18. The topological polar surface area (TPSA) is 90.9 Å². The van der Waals surface area contributed by atoms with Crippen molar-refractivity contribution in [3.63, 3.8) is 0 Å². The maximum Gasteiger partial charge on any atom is 0.318 e. The fraction of sp³-hybridized carbons (Fsp3) is 0.636. The van der Waals surface area contributed by atoms with Crippen LogP contribution in [-0.4, -0.2) is 72.4 Å². The Morgan fingerprint density at radius 2 is 1.87 bits per heavy atom. The Labute approximate surface area is 182 Å². The molecule has 0 unspecified atom stereocenters. The van der Waals surface area contributed by atoms with Gasteiger partial charge in [-0.25, -0.2) is 13.6 Å². The number of morpholine rings is 1. The number of nitrogens with one attached hydrogen (secondary N) is 2. The molecule has 0 bridgehead atoms. The fourth-order valence-corrected chi connectivity index (χ4v) is 3.60. The van der Waals surface area contributed by atoms with Crippen LogP contribution in [0.4, 0.5) is 13.6 Å². The smallest absolute Gasteiger partial charge is 0.318 e. The van der Waals surface area contributed by atoms with E-state index in [1.807, 2.05) is 6.92 Å². The molecule has 2 atom stereocenters. The van der Waals surface area contributed by atoms with Gasteiger partial charge in [0.25, 0.3) is 5.92 Å². The molecular weight excluding hydrogens is 408 g/mol. The summed E-state index contributed by atoms with van der Waals surface area (Å²) in [4.78, 5) is 27.0. The lowest BCUT2D eigenvalue weighted by Gasteiger charge is -2.33. The number of aliphatic hydroxyl groups excluding tert-OH is 1. The summed E-state index contributed by atoms with van der Waals surface area (Å²) in [6.07, 6.45) is -0.235. The number of amides is 3. The van der Waals surface area contributed by atoms with Crippen LogP contribution in [0.25, 0.3) is 0 Å². The molecule has 3 amide bonds. The molecule has 9 heteroatoms. The highest BCUT2D eigenvalue weighted by atomic mass is 19.3. The first-order valence-electron chi connectivity index (χ1n) is 10.7. The standard InChI is InChI=1S/C22H33F2N3O4/c1-3-9-21(2,16-28)26-19(29)18(25-20(30)27-10-12-31-13-11-27)15-22(23,24)14-17-7-5-4-6-8-17/h4-8,18,28H,3,9-16H2,1-2H3,(H,25,30)(H,26,29)/t18-,21-/m0/s1. The third kappa shape index (κ3) is 8.06. The van der Waals surface area contributed by atoms with Gasteiger partial charge in [0.2, 0.25) is 5.91 Å². The molecule has 1 aromatic carbocycles. The largest absolute Gasteiger partial charge is 0.394 e. The van der Waals surface area contributed by atoms with Gasteiger partial charge in [-0.1, -0.05) is 43.7 Å². The van der Waals surface area contributed by atoms with E-state index in [2.05, 4.69) is 10.6 Å². The molecule has 0 aromatic heterocycles. The minimum Gasteiger partial charge on any atom is -0.394 e. The molecule has 1 saturated heterocycles. The van der Waals surface area contributed by atoms with Crippen LogP contribution in [0.1, 0.15) is 38.7 Å². The summed E-state index contributed by atoms with van der Waals surface area (Å²) in [6.45, 7) is 4.57. The molecule has 3 N–H and O–H groups in total. The van der Waals surface area contributed by atoms with E-state index in [0.29, 0.717) is 44.7 Å². The summed E-state index contributed by atoms with van der Waals surface area (Å²) in [5, 5.41) is 14.8. The number of nitrogens with zero attached hydrogens (tertiary/aromatic N) is 1. The maximum absolute atomic E-state index is 14.9. The Bertz CT molecular complexity index is 714. The van der Waals surface area contributed by atoms with Crippen molar-refractivity contribution in [1.82, 2.24) is 15.5 Å². The van der Waals surface area contributed by atoms with Gasteiger partial charge in [-0.05, 0) is 18.9 Å². The van der Waals surface area contributed by atoms with E-state index >= 15 is 0 Å². The third-order valence-electron chi connectivity index (χ3n) is 5.30. The highest BCUT2D eigenvalue weighted by Gasteiger charge is 2.39. The van der Waals surface area contributed by atoms with Gasteiger partial charge in [-0.15, -0.1) is 0 Å². The molecule has 1 aliphatic rings. The molecule has 0 aliphatic carbocycles. The second-order valence-electron chi connectivity index (χ2n) is 8.28. The van der Waals surface area contributed by atoms with Crippen LogP contribution in [0.15, 0.2) is 30.3 Å². The molecule has 0 radical (unpaired) electrons. The Hall–Kier alpha value is -2.26. The first-order valence-corrected chi connectivity index (χ1v) is 10.7. The average molecular weight is 442 g/mol. The van der Waals surface area contributed by atoms with Gasteiger partial charge in [0.1, 0.15) is 6.04 Å². The highest BCUT2D eigenvalue weighted by Crippen LogP contribution is 2.26. The molecule has 2 rings (SSSR count). The molecule has 31 heavy (non-hydrogen) atoms. The van der Waals surface area contributed by atoms with E-state index < -0.39 is 42.3 Å². The summed E-state index contributed by atoms with van der Waals surface area (Å²) in [6, 6.07) is 6.25. The van der Waals surface area contributed by atoms with Crippen LogP contribution in [0.3, 0.4) is 0 Å². The number of rotatable bonds is 10. The number of carbonyl (C=O) groups excluding carboxylic acids is 2. The summed E-state index contributed by atoms with van der Waals surface area (Å²) in [7, 11) is 0. The third-order valence-corrected chi connectivity index (χ3v) is 5.30. The van der Waals surface area contributed by atoms with Gasteiger partial charge in [-0.3, -0.25) is 4.79 Å². The molecule has 1 fully saturated rings. The van der Waals surface area contributed by atoms with Crippen molar-refractivity contribution >= 4 is 11.9 Å². The van der Waals surface area contributed by atoms with Crippen molar-refractivity contribution < 1.29 is 28.2 Å². The molecule has 0 spiro atoms. The first kappa shape index (κ1) is 25.0. The van der Waals surface area contributed by atoms with Crippen molar-refractivity contribution in [3.8, 4) is 0 Å². The van der Waals surface area contributed by atoms with Gasteiger partial charge in [-0.2, -0.15) is 0 Å². The fourth-order valence-electron chi connectivity index (χ4n) is 3.60. The second kappa shape index (κ2) is 11.4. The molecule has 174 valence electrons. The summed E-state index contributed by atoms with van der Waals surface area (Å²) in [5.74, 6) is -3.96. The Morgan fingerprint density at radius 1 is 1.23 bits per heavy atom. The number of hydrogen-bond donors (Lipinski definition) is 3. The average Bonchev–Trinajstić information content (AvgIpc) is 2.74. The lowest BCUT2D eigenvalue weighted by Crippen LogP contribution is -2.59. The van der Waals surface area contributed by atoms with Crippen LogP contribution in [-0.2, 0) is 16.0 Å². The molecule has 7 nitrogen and oxygen atoms in total. The minimum atomic E-state index is -3.22.